The maximum atomic E-state index is 13.9. The summed E-state index contributed by atoms with van der Waals surface area (Å²) in [7, 11) is 1.48. The van der Waals surface area contributed by atoms with Gasteiger partial charge in [0.2, 0.25) is 0 Å². The van der Waals surface area contributed by atoms with Crippen molar-refractivity contribution in [2.45, 2.75) is 24.4 Å². The van der Waals surface area contributed by atoms with Crippen molar-refractivity contribution in [3.63, 3.8) is 0 Å². The van der Waals surface area contributed by atoms with E-state index in [4.69, 9.17) is 10.7 Å². The zero-order valence-electron chi connectivity index (χ0n) is 17.9. The molecular weight excluding hydrogens is 454 g/mol. The van der Waals surface area contributed by atoms with Gasteiger partial charge < -0.3 is 26.0 Å². The second-order valence-electron chi connectivity index (χ2n) is 7.61. The van der Waals surface area contributed by atoms with Gasteiger partial charge in [-0.3, -0.25) is 4.79 Å². The number of hydrogen-bond donors (Lipinski definition) is 4. The molecule has 7 nitrogen and oxygen atoms in total. The predicted octanol–water partition coefficient (Wildman–Crippen LogP) is 3.35. The van der Waals surface area contributed by atoms with Gasteiger partial charge in [-0.2, -0.15) is 18.4 Å². The van der Waals surface area contributed by atoms with Crippen molar-refractivity contribution in [2.24, 2.45) is 0 Å². The monoisotopic (exact) mass is 475 g/mol. The Morgan fingerprint density at radius 3 is 2.65 bits per heavy atom. The van der Waals surface area contributed by atoms with Crippen LogP contribution < -0.4 is 10.6 Å². The summed E-state index contributed by atoms with van der Waals surface area (Å²) in [6.07, 6.45) is -4.29. The molecule has 1 aliphatic heterocycles. The number of halogens is 4. The third kappa shape index (κ3) is 5.18. The number of amides is 1. The number of aliphatic hydroxyl groups is 1. The molecule has 0 saturated carbocycles. The Kier molecular flexibility index (Phi) is 7.22. The molecular formula is C23H21F4N5O2. The van der Waals surface area contributed by atoms with Crippen LogP contribution in [0, 0.1) is 22.6 Å². The van der Waals surface area contributed by atoms with Gasteiger partial charge in [-0.15, -0.1) is 0 Å². The van der Waals surface area contributed by atoms with Gasteiger partial charge in [-0.05, 0) is 29.8 Å². The highest BCUT2D eigenvalue weighted by molar-refractivity contribution is 5.99. The van der Waals surface area contributed by atoms with Crippen LogP contribution in [0.15, 0.2) is 54.2 Å². The van der Waals surface area contributed by atoms with E-state index in [2.05, 4.69) is 10.6 Å². The number of benzene rings is 2. The van der Waals surface area contributed by atoms with Crippen molar-refractivity contribution in [3.8, 4) is 6.07 Å². The average Bonchev–Trinajstić information content (AvgIpc) is 2.78. The molecule has 0 fully saturated rings. The Balaban J connectivity index is 2.17. The third-order valence-corrected chi connectivity index (χ3v) is 5.34. The zero-order valence-corrected chi connectivity index (χ0v) is 17.9. The average molecular weight is 475 g/mol. The van der Waals surface area contributed by atoms with E-state index in [1.165, 1.54) is 37.5 Å². The molecule has 3 rings (SSSR count). The van der Waals surface area contributed by atoms with Crippen LogP contribution >= 0.6 is 0 Å². The van der Waals surface area contributed by atoms with E-state index in [1.807, 2.05) is 0 Å². The minimum absolute atomic E-state index is 0.0115. The smallest absolute Gasteiger partial charge is 0.394 e. The summed E-state index contributed by atoms with van der Waals surface area (Å²) in [6.45, 7) is -1.61. The van der Waals surface area contributed by atoms with E-state index in [0.29, 0.717) is 4.90 Å². The molecule has 34 heavy (non-hydrogen) atoms. The fourth-order valence-electron chi connectivity index (χ4n) is 4.10. The molecule has 0 bridgehead atoms. The Hall–Kier alpha value is -3.91. The summed E-state index contributed by atoms with van der Waals surface area (Å²) in [5, 5.41) is 33.3. The van der Waals surface area contributed by atoms with Crippen LogP contribution in [-0.2, 0) is 0 Å². The lowest BCUT2D eigenvalue weighted by atomic mass is 9.78. The molecule has 0 aromatic heterocycles. The van der Waals surface area contributed by atoms with Crippen LogP contribution in [-0.4, -0.2) is 54.2 Å². The number of nitrogens with one attached hydrogen (secondary N) is 3. The standard InChI is InChI=1S/C23H21F4N5O2/c1-30-11-14(10-29)20-19(21(33)31-16-7-13(9-28)6-15(24)8-16)17-4-2-3-5-18(17)22(34)32(20)12-23(25,26)27/h2-8,10-11,19-21,29-31,33H,12H2,1H3/b14-11+,29-10?/t19-,20+,21?/m0/s1. The minimum Gasteiger partial charge on any atom is -0.394 e. The first-order chi connectivity index (χ1) is 16.1. The number of carbonyl (C=O) groups is 1. The molecule has 1 heterocycles. The number of anilines is 1. The number of fused-ring (bicyclic) bond motifs is 1. The largest absolute Gasteiger partial charge is 0.406 e. The Morgan fingerprint density at radius 2 is 2.03 bits per heavy atom. The van der Waals surface area contributed by atoms with Gasteiger partial charge in [0, 0.05) is 36.3 Å². The number of nitrogens with zero attached hydrogens (tertiary/aromatic N) is 2. The van der Waals surface area contributed by atoms with Crippen LogP contribution in [0.1, 0.15) is 27.4 Å². The second kappa shape index (κ2) is 9.93. The van der Waals surface area contributed by atoms with E-state index in [1.54, 1.807) is 12.1 Å². The van der Waals surface area contributed by atoms with Crippen LogP contribution in [0.25, 0.3) is 0 Å². The summed E-state index contributed by atoms with van der Waals surface area (Å²) >= 11 is 0. The SMILES string of the molecule is CN/C=C(\C=N)[C@@H]1[C@@H](C(O)Nc2cc(F)cc(C#N)c2)c2ccccc2C(=O)N1CC(F)(F)F. The summed E-state index contributed by atoms with van der Waals surface area (Å²) in [5.74, 6) is -2.83. The van der Waals surface area contributed by atoms with E-state index in [0.717, 1.165) is 18.3 Å². The predicted molar refractivity (Wildman–Crippen MR) is 117 cm³/mol. The van der Waals surface area contributed by atoms with Crippen molar-refractivity contribution in [2.75, 3.05) is 18.9 Å². The number of hydrogen-bond acceptors (Lipinski definition) is 6. The lowest BCUT2D eigenvalue weighted by Gasteiger charge is -2.44. The highest BCUT2D eigenvalue weighted by Gasteiger charge is 2.48. The van der Waals surface area contributed by atoms with Gasteiger partial charge in [-0.25, -0.2) is 4.39 Å². The molecule has 0 radical (unpaired) electrons. The highest BCUT2D eigenvalue weighted by Crippen LogP contribution is 2.40. The molecule has 2 aromatic rings. The quantitative estimate of drug-likeness (QED) is 0.279. The van der Waals surface area contributed by atoms with Gasteiger partial charge in [0.1, 0.15) is 18.6 Å². The van der Waals surface area contributed by atoms with Crippen molar-refractivity contribution >= 4 is 17.8 Å². The summed E-state index contributed by atoms with van der Waals surface area (Å²) in [6, 6.07) is 9.61. The number of aliphatic hydroxyl groups excluding tert-OH is 1. The Labute approximate surface area is 192 Å². The molecule has 1 amide bonds. The van der Waals surface area contributed by atoms with Crippen LogP contribution in [0.3, 0.4) is 0 Å². The van der Waals surface area contributed by atoms with Crippen LogP contribution in [0.4, 0.5) is 23.2 Å². The van der Waals surface area contributed by atoms with Crippen molar-refractivity contribution in [1.29, 1.82) is 10.7 Å². The zero-order chi connectivity index (χ0) is 25.0. The van der Waals surface area contributed by atoms with E-state index in [-0.39, 0.29) is 28.0 Å². The van der Waals surface area contributed by atoms with E-state index < -0.39 is 42.6 Å². The molecule has 1 aliphatic rings. The van der Waals surface area contributed by atoms with Gasteiger partial charge in [0.05, 0.1) is 23.6 Å². The molecule has 4 N–H and O–H groups in total. The van der Waals surface area contributed by atoms with E-state index in [9.17, 15) is 27.5 Å². The van der Waals surface area contributed by atoms with Gasteiger partial charge >= 0.3 is 6.18 Å². The summed E-state index contributed by atoms with van der Waals surface area (Å²) in [5.41, 5.74) is 0.238. The second-order valence-corrected chi connectivity index (χ2v) is 7.61. The first-order valence-corrected chi connectivity index (χ1v) is 10.1. The fourth-order valence-corrected chi connectivity index (χ4v) is 4.10. The normalized spacial score (nSPS) is 19.1. The lowest BCUT2D eigenvalue weighted by Crippen LogP contribution is -2.56. The third-order valence-electron chi connectivity index (χ3n) is 5.34. The first kappa shape index (κ1) is 24.7. The fraction of sp³-hybridized carbons (Fsp3) is 0.261. The number of nitriles is 1. The molecule has 0 spiro atoms. The van der Waals surface area contributed by atoms with Gasteiger partial charge in [-0.1, -0.05) is 18.2 Å². The van der Waals surface area contributed by atoms with Crippen LogP contribution in [0.2, 0.25) is 0 Å². The molecule has 2 aromatic carbocycles. The van der Waals surface area contributed by atoms with E-state index >= 15 is 0 Å². The molecule has 3 atom stereocenters. The molecule has 1 unspecified atom stereocenters. The van der Waals surface area contributed by atoms with Crippen LogP contribution in [0.5, 0.6) is 0 Å². The summed E-state index contributed by atoms with van der Waals surface area (Å²) < 4.78 is 54.4. The summed E-state index contributed by atoms with van der Waals surface area (Å²) in [4.78, 5) is 13.7. The molecule has 0 aliphatic carbocycles. The molecule has 178 valence electrons. The maximum absolute atomic E-state index is 13.9. The Bertz CT molecular complexity index is 1160. The van der Waals surface area contributed by atoms with Crippen molar-refractivity contribution < 1.29 is 27.5 Å². The molecule has 11 heteroatoms. The van der Waals surface area contributed by atoms with Gasteiger partial charge in [0.15, 0.2) is 0 Å². The number of rotatable bonds is 7. The van der Waals surface area contributed by atoms with Gasteiger partial charge in [0.25, 0.3) is 5.91 Å². The highest BCUT2D eigenvalue weighted by atomic mass is 19.4. The number of carbonyl (C=O) groups excluding carboxylic acids is 1. The van der Waals surface area contributed by atoms with Crippen molar-refractivity contribution in [3.05, 3.63) is 76.7 Å². The van der Waals surface area contributed by atoms with Crippen molar-refractivity contribution in [1.82, 2.24) is 10.2 Å². The Morgan fingerprint density at radius 1 is 1.32 bits per heavy atom. The minimum atomic E-state index is -4.75. The lowest BCUT2D eigenvalue weighted by molar-refractivity contribution is -0.145. The topological polar surface area (TPSA) is 112 Å². The maximum Gasteiger partial charge on any atom is 0.406 e. The first-order valence-electron chi connectivity index (χ1n) is 10.1. The molecule has 0 saturated heterocycles. The number of alkyl halides is 3.